The van der Waals surface area contributed by atoms with Crippen LogP contribution in [0.25, 0.3) is 15.4 Å². The van der Waals surface area contributed by atoms with E-state index in [2.05, 4.69) is 58.9 Å². The topological polar surface area (TPSA) is 88.6 Å². The van der Waals surface area contributed by atoms with Crippen LogP contribution in [0.2, 0.25) is 0 Å². The molecule has 3 rings (SSSR count). The van der Waals surface area contributed by atoms with Crippen LogP contribution in [0.15, 0.2) is 33.2 Å². The molecule has 0 aliphatic carbocycles. The Kier molecular flexibility index (Phi) is 9.36. The molecule has 0 aliphatic heterocycles. The molecule has 1 aromatic carbocycles. The van der Waals surface area contributed by atoms with Crippen LogP contribution in [0.5, 0.6) is 5.88 Å². The molecule has 1 radical (unpaired) electrons. The smallest absolute Gasteiger partial charge is 0.283 e. The van der Waals surface area contributed by atoms with Gasteiger partial charge in [0.2, 0.25) is 11.6 Å². The van der Waals surface area contributed by atoms with E-state index in [-0.39, 0.29) is 71.2 Å². The number of pyridine rings is 1. The Bertz CT molecular complexity index is 1510. The van der Waals surface area contributed by atoms with Crippen LogP contribution in [0.1, 0.15) is 63.4 Å². The fraction of sp³-hybridized carbons (Fsp3) is 0.407. The largest absolute Gasteiger partial charge is 0.502 e. The third-order valence-electron chi connectivity index (χ3n) is 6.02. The zero-order chi connectivity index (χ0) is 27.0. The molecular formula is C27H30N6O2SY. The fourth-order valence-electron chi connectivity index (χ4n) is 4.57. The van der Waals surface area contributed by atoms with Crippen LogP contribution >= 0.6 is 11.5 Å². The Labute approximate surface area is 247 Å². The van der Waals surface area contributed by atoms with E-state index >= 15 is 0 Å². The number of aryl methyl sites for hydroxylation is 2. The Balaban J connectivity index is 0.00000481. The number of hydrogen-bond donors (Lipinski definition) is 1. The van der Waals surface area contributed by atoms with Gasteiger partial charge < -0.3 is 5.11 Å². The molecule has 3 aromatic rings. The van der Waals surface area contributed by atoms with Crippen molar-refractivity contribution >= 4 is 33.6 Å². The first kappa shape index (κ1) is 30.5. The summed E-state index contributed by atoms with van der Waals surface area (Å²) in [5.74, 6) is -0.434. The van der Waals surface area contributed by atoms with Gasteiger partial charge in [-0.25, -0.2) is 14.1 Å². The SMILES string of the molecule is [C-]#[N+]c1c(C)nsc1N=Nc1c(C)c([N+]#[C-])c(O)n(-c2cc(C(C)(C)CC(C)(C)C)ccc2C)c1=O.[Y]. The van der Waals surface area contributed by atoms with Crippen LogP contribution in [0.3, 0.4) is 0 Å². The van der Waals surface area contributed by atoms with Crippen molar-refractivity contribution in [1.29, 1.82) is 0 Å². The van der Waals surface area contributed by atoms with E-state index in [1.807, 2.05) is 25.1 Å². The summed E-state index contributed by atoms with van der Waals surface area (Å²) in [6, 6.07) is 5.85. The van der Waals surface area contributed by atoms with Crippen molar-refractivity contribution in [2.45, 2.75) is 67.2 Å². The molecule has 8 nitrogen and oxygen atoms in total. The van der Waals surface area contributed by atoms with E-state index < -0.39 is 11.4 Å². The third-order valence-corrected chi connectivity index (χ3v) is 6.84. The van der Waals surface area contributed by atoms with Gasteiger partial charge in [-0.1, -0.05) is 46.8 Å². The number of hydrogen-bond acceptors (Lipinski definition) is 6. The molecule has 0 amide bonds. The predicted molar refractivity (Wildman–Crippen MR) is 144 cm³/mol. The second-order valence-electron chi connectivity index (χ2n) is 10.8. The molecule has 2 heterocycles. The first-order valence-corrected chi connectivity index (χ1v) is 12.2. The van der Waals surface area contributed by atoms with E-state index in [1.165, 1.54) is 0 Å². The molecule has 2 aromatic heterocycles. The molecule has 0 saturated carbocycles. The van der Waals surface area contributed by atoms with E-state index in [1.54, 1.807) is 13.8 Å². The van der Waals surface area contributed by atoms with Crippen LogP contribution in [0.4, 0.5) is 22.1 Å². The molecule has 0 atom stereocenters. The van der Waals surface area contributed by atoms with Crippen LogP contribution in [0, 0.1) is 39.3 Å². The first-order chi connectivity index (χ1) is 16.7. The molecular weight excluding hydrogens is 561 g/mol. The van der Waals surface area contributed by atoms with E-state index in [0.717, 1.165) is 33.6 Å². The van der Waals surface area contributed by atoms with E-state index in [0.29, 0.717) is 11.4 Å². The van der Waals surface area contributed by atoms with Crippen molar-refractivity contribution < 1.29 is 37.8 Å². The number of aromatic nitrogens is 2. The Morgan fingerprint density at radius 2 is 1.68 bits per heavy atom. The summed E-state index contributed by atoms with van der Waals surface area (Å²) in [6.45, 7) is 31.0. The maximum atomic E-state index is 13.7. The average molecular weight is 592 g/mol. The Hall–Kier alpha value is -2.72. The molecule has 0 fully saturated rings. The maximum absolute atomic E-state index is 13.7. The molecule has 0 aliphatic rings. The van der Waals surface area contributed by atoms with Crippen molar-refractivity contribution in [3.63, 3.8) is 0 Å². The zero-order valence-corrected chi connectivity index (χ0v) is 26.1. The van der Waals surface area contributed by atoms with Crippen molar-refractivity contribution in [2.24, 2.45) is 15.6 Å². The molecule has 1 N–H and O–H groups in total. The third kappa shape index (κ3) is 6.23. The number of azo groups is 1. The van der Waals surface area contributed by atoms with Crippen molar-refractivity contribution in [2.75, 3.05) is 0 Å². The van der Waals surface area contributed by atoms with E-state index in [4.69, 9.17) is 13.1 Å². The zero-order valence-electron chi connectivity index (χ0n) is 22.5. The van der Waals surface area contributed by atoms with Crippen molar-refractivity contribution in [3.05, 3.63) is 73.8 Å². The molecule has 0 bridgehead atoms. The van der Waals surface area contributed by atoms with E-state index in [9.17, 15) is 9.90 Å². The summed E-state index contributed by atoms with van der Waals surface area (Å²) in [7, 11) is 0. The molecule has 37 heavy (non-hydrogen) atoms. The molecule has 0 unspecified atom stereocenters. The van der Waals surface area contributed by atoms with Gasteiger partial charge in [0.25, 0.3) is 11.2 Å². The maximum Gasteiger partial charge on any atom is 0.283 e. The first-order valence-electron chi connectivity index (χ1n) is 11.4. The monoisotopic (exact) mass is 591 g/mol. The van der Waals surface area contributed by atoms with Gasteiger partial charge in [-0.2, -0.15) is 0 Å². The van der Waals surface area contributed by atoms with Gasteiger partial charge in [0.1, 0.15) is 5.69 Å². The second kappa shape index (κ2) is 11.4. The van der Waals surface area contributed by atoms with Crippen molar-refractivity contribution in [1.82, 2.24) is 8.94 Å². The minimum atomic E-state index is -0.597. The van der Waals surface area contributed by atoms with Gasteiger partial charge in [0.05, 0.1) is 24.5 Å². The molecule has 0 saturated heterocycles. The number of aromatic hydroxyl groups is 1. The normalized spacial score (nSPS) is 11.7. The number of nitrogens with zero attached hydrogens (tertiary/aromatic N) is 6. The Morgan fingerprint density at radius 3 is 2.24 bits per heavy atom. The predicted octanol–water partition coefficient (Wildman–Crippen LogP) is 8.15. The molecule has 0 spiro atoms. The van der Waals surface area contributed by atoms with Gasteiger partial charge in [-0.15, -0.1) is 10.2 Å². The van der Waals surface area contributed by atoms with Gasteiger partial charge >= 0.3 is 0 Å². The minimum Gasteiger partial charge on any atom is -0.502 e. The van der Waals surface area contributed by atoms with Gasteiger partial charge in [0, 0.05) is 32.7 Å². The second-order valence-corrected chi connectivity index (χ2v) is 11.5. The summed E-state index contributed by atoms with van der Waals surface area (Å²) in [5.41, 5.74) is 2.43. The van der Waals surface area contributed by atoms with Crippen molar-refractivity contribution in [3.8, 4) is 11.6 Å². The summed E-state index contributed by atoms with van der Waals surface area (Å²) >= 11 is 1.01. The summed E-state index contributed by atoms with van der Waals surface area (Å²) < 4.78 is 5.26. The van der Waals surface area contributed by atoms with Gasteiger partial charge in [-0.3, -0.25) is 9.36 Å². The Morgan fingerprint density at radius 1 is 1.05 bits per heavy atom. The van der Waals surface area contributed by atoms with Crippen LogP contribution < -0.4 is 5.56 Å². The minimum absolute atomic E-state index is 0. The summed E-state index contributed by atoms with van der Waals surface area (Å²) in [5, 5.41) is 19.6. The number of rotatable bonds is 5. The van der Waals surface area contributed by atoms with Gasteiger partial charge in [-0.05, 0) is 72.3 Å². The van der Waals surface area contributed by atoms with Gasteiger partial charge in [0.15, 0.2) is 5.00 Å². The summed E-state index contributed by atoms with van der Waals surface area (Å²) in [4.78, 5) is 20.6. The quantitative estimate of drug-likeness (QED) is 0.240. The van der Waals surface area contributed by atoms with Crippen LogP contribution in [-0.4, -0.2) is 14.0 Å². The van der Waals surface area contributed by atoms with Crippen LogP contribution in [-0.2, 0) is 38.1 Å². The average Bonchev–Trinajstić information content (AvgIpc) is 3.12. The molecule has 189 valence electrons. The number of benzene rings is 1. The summed E-state index contributed by atoms with van der Waals surface area (Å²) in [6.07, 6.45) is 0.904. The molecule has 10 heteroatoms. The standard InChI is InChI=1S/C27H30N6O2S.Y/c1-15-11-12-18(27(7,8)14-26(4,5)6)13-19(15)33-24(34)20(28-9)16(2)21(25(33)35)30-31-23-22(29-10)17(3)32-36-23;/h11-13,34H,14H2,1-8H3;. The fourth-order valence-corrected chi connectivity index (χ4v) is 5.23.